The van der Waals surface area contributed by atoms with Crippen LogP contribution in [0, 0.1) is 0 Å². The van der Waals surface area contributed by atoms with Crippen LogP contribution in [0.5, 0.6) is 0 Å². The van der Waals surface area contributed by atoms with Gasteiger partial charge in [-0.3, -0.25) is 9.59 Å². The van der Waals surface area contributed by atoms with Gasteiger partial charge in [-0.1, -0.05) is 26.0 Å². The van der Waals surface area contributed by atoms with Crippen LogP contribution in [-0.2, 0) is 14.4 Å². The molecule has 1 aromatic carbocycles. The number of anilines is 1. The van der Waals surface area contributed by atoms with Crippen LogP contribution in [0.2, 0.25) is 0 Å². The summed E-state index contributed by atoms with van der Waals surface area (Å²) < 4.78 is 0. The molecule has 1 aliphatic heterocycles. The van der Waals surface area contributed by atoms with E-state index >= 15 is 0 Å². The number of benzene rings is 1. The highest BCUT2D eigenvalue weighted by Crippen LogP contribution is 2.22. The van der Waals surface area contributed by atoms with Crippen molar-refractivity contribution in [2.75, 3.05) is 11.1 Å². The Labute approximate surface area is 139 Å². The summed E-state index contributed by atoms with van der Waals surface area (Å²) in [6, 6.07) is 6.71. The Hall–Kier alpha value is -2.02. The summed E-state index contributed by atoms with van der Waals surface area (Å²) >= 11 is 1.20. The lowest BCUT2D eigenvalue weighted by atomic mass is 10.0. The van der Waals surface area contributed by atoms with Crippen molar-refractivity contribution in [2.45, 2.75) is 37.5 Å². The summed E-state index contributed by atoms with van der Waals surface area (Å²) in [4.78, 5) is 34.7. The number of carboxylic acids is 1. The standard InChI is InChI=1S/C16H20N2O4S/c1-9(2)10-3-5-11(6-4-10)17-14(19)7-13-15(20)18-12(8-23-13)16(21)22/h3-6,9,12-13H,7-8H2,1-2H3,(H,17,19)(H,18,20)(H,21,22). The molecule has 2 rings (SSSR count). The van der Waals surface area contributed by atoms with Crippen molar-refractivity contribution in [3.8, 4) is 0 Å². The van der Waals surface area contributed by atoms with E-state index in [9.17, 15) is 14.4 Å². The van der Waals surface area contributed by atoms with Gasteiger partial charge in [-0.05, 0) is 23.6 Å². The Kier molecular flexibility index (Phi) is 5.65. The first-order chi connectivity index (χ1) is 10.9. The molecule has 0 aromatic heterocycles. The van der Waals surface area contributed by atoms with E-state index in [1.54, 1.807) is 0 Å². The first-order valence-corrected chi connectivity index (χ1v) is 8.46. The van der Waals surface area contributed by atoms with Crippen molar-refractivity contribution < 1.29 is 19.5 Å². The number of carboxylic acid groups (broad SMARTS) is 1. The molecule has 23 heavy (non-hydrogen) atoms. The molecule has 2 atom stereocenters. The number of carbonyl (C=O) groups excluding carboxylic acids is 2. The Bertz CT molecular complexity index is 601. The van der Waals surface area contributed by atoms with Gasteiger partial charge in [-0.15, -0.1) is 11.8 Å². The molecule has 1 aliphatic rings. The normalized spacial score (nSPS) is 20.9. The SMILES string of the molecule is CC(C)c1ccc(NC(=O)CC2SCC(C(=O)O)NC2=O)cc1. The highest BCUT2D eigenvalue weighted by atomic mass is 32.2. The van der Waals surface area contributed by atoms with E-state index in [1.165, 1.54) is 17.3 Å². The van der Waals surface area contributed by atoms with E-state index in [-0.39, 0.29) is 18.1 Å². The number of thioether (sulfide) groups is 1. The highest BCUT2D eigenvalue weighted by molar-refractivity contribution is 8.00. The topological polar surface area (TPSA) is 95.5 Å². The maximum atomic E-state index is 12.0. The minimum absolute atomic E-state index is 0.0226. The first-order valence-electron chi connectivity index (χ1n) is 7.41. The van der Waals surface area contributed by atoms with Gasteiger partial charge >= 0.3 is 5.97 Å². The van der Waals surface area contributed by atoms with Crippen LogP contribution < -0.4 is 10.6 Å². The number of aliphatic carboxylic acids is 1. The second-order valence-electron chi connectivity index (χ2n) is 5.75. The molecule has 2 unspecified atom stereocenters. The summed E-state index contributed by atoms with van der Waals surface area (Å²) in [5, 5.41) is 13.5. The fourth-order valence-electron chi connectivity index (χ4n) is 2.21. The van der Waals surface area contributed by atoms with E-state index in [0.717, 1.165) is 0 Å². The zero-order chi connectivity index (χ0) is 17.0. The maximum absolute atomic E-state index is 12.0. The average molecular weight is 336 g/mol. The Morgan fingerprint density at radius 3 is 2.52 bits per heavy atom. The van der Waals surface area contributed by atoms with Crippen molar-refractivity contribution in [2.24, 2.45) is 0 Å². The second kappa shape index (κ2) is 7.50. The van der Waals surface area contributed by atoms with E-state index < -0.39 is 23.2 Å². The molecule has 0 radical (unpaired) electrons. The molecule has 0 spiro atoms. The number of amides is 2. The molecule has 7 heteroatoms. The zero-order valence-electron chi connectivity index (χ0n) is 13.0. The summed E-state index contributed by atoms with van der Waals surface area (Å²) in [5.41, 5.74) is 1.87. The molecule has 0 saturated carbocycles. The molecular formula is C16H20N2O4S. The smallest absolute Gasteiger partial charge is 0.327 e. The van der Waals surface area contributed by atoms with Crippen LogP contribution in [-0.4, -0.2) is 39.9 Å². The van der Waals surface area contributed by atoms with E-state index in [0.29, 0.717) is 11.6 Å². The van der Waals surface area contributed by atoms with Gasteiger partial charge in [-0.2, -0.15) is 0 Å². The third kappa shape index (κ3) is 4.72. The van der Waals surface area contributed by atoms with Gasteiger partial charge in [0.2, 0.25) is 11.8 Å². The number of carbonyl (C=O) groups is 3. The van der Waals surface area contributed by atoms with Crippen molar-refractivity contribution in [3.63, 3.8) is 0 Å². The van der Waals surface area contributed by atoms with Crippen molar-refractivity contribution in [3.05, 3.63) is 29.8 Å². The third-order valence-electron chi connectivity index (χ3n) is 3.60. The maximum Gasteiger partial charge on any atom is 0.327 e. The molecule has 3 N–H and O–H groups in total. The predicted octanol–water partition coefficient (Wildman–Crippen LogP) is 1.82. The van der Waals surface area contributed by atoms with Gasteiger partial charge in [0.05, 0.1) is 5.25 Å². The van der Waals surface area contributed by atoms with Crippen LogP contribution in [0.3, 0.4) is 0 Å². The first kappa shape index (κ1) is 17.3. The Morgan fingerprint density at radius 1 is 1.35 bits per heavy atom. The molecule has 6 nitrogen and oxygen atoms in total. The minimum atomic E-state index is -1.06. The summed E-state index contributed by atoms with van der Waals surface area (Å²) in [6.45, 7) is 4.19. The summed E-state index contributed by atoms with van der Waals surface area (Å²) in [7, 11) is 0. The number of hydrogen-bond acceptors (Lipinski definition) is 4. The molecule has 0 aliphatic carbocycles. The Balaban J connectivity index is 1.87. The lowest BCUT2D eigenvalue weighted by Gasteiger charge is -2.25. The Morgan fingerprint density at radius 2 is 2.00 bits per heavy atom. The number of rotatable bonds is 5. The van der Waals surface area contributed by atoms with E-state index in [2.05, 4.69) is 24.5 Å². The molecule has 1 aromatic rings. The minimum Gasteiger partial charge on any atom is -0.480 e. The van der Waals surface area contributed by atoms with Crippen molar-refractivity contribution in [1.82, 2.24) is 5.32 Å². The second-order valence-corrected chi connectivity index (χ2v) is 6.99. The molecule has 1 saturated heterocycles. The zero-order valence-corrected chi connectivity index (χ0v) is 13.9. The van der Waals surface area contributed by atoms with Crippen LogP contribution in [0.25, 0.3) is 0 Å². The van der Waals surface area contributed by atoms with Gasteiger partial charge in [-0.25, -0.2) is 4.79 Å². The van der Waals surface area contributed by atoms with Crippen molar-refractivity contribution >= 4 is 35.2 Å². The van der Waals surface area contributed by atoms with Crippen LogP contribution in [0.4, 0.5) is 5.69 Å². The van der Waals surface area contributed by atoms with E-state index in [4.69, 9.17) is 5.11 Å². The van der Waals surface area contributed by atoms with Gasteiger partial charge in [0.15, 0.2) is 0 Å². The predicted molar refractivity (Wildman–Crippen MR) is 89.6 cm³/mol. The fourth-order valence-corrected chi connectivity index (χ4v) is 3.35. The fraction of sp³-hybridized carbons (Fsp3) is 0.438. The van der Waals surface area contributed by atoms with Gasteiger partial charge in [0.25, 0.3) is 0 Å². The highest BCUT2D eigenvalue weighted by Gasteiger charge is 2.33. The quantitative estimate of drug-likeness (QED) is 0.762. The monoisotopic (exact) mass is 336 g/mol. The third-order valence-corrected chi connectivity index (χ3v) is 4.91. The van der Waals surface area contributed by atoms with Crippen LogP contribution in [0.15, 0.2) is 24.3 Å². The molecule has 2 amide bonds. The average Bonchev–Trinajstić information content (AvgIpc) is 2.49. The molecule has 124 valence electrons. The number of nitrogens with one attached hydrogen (secondary N) is 2. The molecule has 0 bridgehead atoms. The molecule has 1 fully saturated rings. The van der Waals surface area contributed by atoms with Crippen LogP contribution in [0.1, 0.15) is 31.7 Å². The lowest BCUT2D eigenvalue weighted by Crippen LogP contribution is -2.51. The molecular weight excluding hydrogens is 316 g/mol. The summed E-state index contributed by atoms with van der Waals surface area (Å²) in [6.07, 6.45) is 0.0226. The number of hydrogen-bond donors (Lipinski definition) is 3. The largest absolute Gasteiger partial charge is 0.480 e. The van der Waals surface area contributed by atoms with Crippen molar-refractivity contribution in [1.29, 1.82) is 0 Å². The van der Waals surface area contributed by atoms with Gasteiger partial charge < -0.3 is 15.7 Å². The van der Waals surface area contributed by atoms with Gasteiger partial charge in [0, 0.05) is 17.9 Å². The van der Waals surface area contributed by atoms with E-state index in [1.807, 2.05) is 24.3 Å². The summed E-state index contributed by atoms with van der Waals surface area (Å²) in [5.74, 6) is -1.03. The lowest BCUT2D eigenvalue weighted by molar-refractivity contribution is -0.141. The van der Waals surface area contributed by atoms with Crippen LogP contribution >= 0.6 is 11.8 Å². The van der Waals surface area contributed by atoms with Gasteiger partial charge in [0.1, 0.15) is 6.04 Å². The molecule has 1 heterocycles.